The van der Waals surface area contributed by atoms with Gasteiger partial charge in [0.15, 0.2) is 0 Å². The van der Waals surface area contributed by atoms with Crippen LogP contribution in [0.4, 0.5) is 0 Å². The number of carbonyl (C=O) groups is 1. The average Bonchev–Trinajstić information content (AvgIpc) is 3.11. The van der Waals surface area contributed by atoms with Crippen LogP contribution in [0.25, 0.3) is 5.69 Å². The second-order valence-electron chi connectivity index (χ2n) is 6.34. The topological polar surface area (TPSA) is 77.2 Å². The number of ether oxygens (including phenoxy) is 1. The smallest absolute Gasteiger partial charge is 0.375 e. The summed E-state index contributed by atoms with van der Waals surface area (Å²) in [6.07, 6.45) is 1.35. The number of aromatic carboxylic acids is 1. The highest BCUT2D eigenvalue weighted by Gasteiger charge is 2.25. The van der Waals surface area contributed by atoms with Gasteiger partial charge in [0.1, 0.15) is 17.8 Å². The molecule has 6 nitrogen and oxygen atoms in total. The number of halogens is 1. The standard InChI is InChI=1S/C19H18ClN3O3/c1-19(2,12-4-7-14(20)8-5-12)13-6-9-15(16(10-13)26-3)23-11-21-17(22-23)18(24)25/h4-11H,1-3H3,(H,24,25). The minimum atomic E-state index is -1.18. The van der Waals surface area contributed by atoms with Crippen molar-refractivity contribution in [3.8, 4) is 11.4 Å². The lowest BCUT2D eigenvalue weighted by Gasteiger charge is -2.27. The second-order valence-corrected chi connectivity index (χ2v) is 6.77. The molecule has 0 bridgehead atoms. The third-order valence-electron chi connectivity index (χ3n) is 4.40. The van der Waals surface area contributed by atoms with E-state index in [0.29, 0.717) is 16.5 Å². The number of nitrogens with zero attached hydrogens (tertiary/aromatic N) is 3. The predicted molar refractivity (Wildman–Crippen MR) is 98.5 cm³/mol. The third-order valence-corrected chi connectivity index (χ3v) is 4.65. The highest BCUT2D eigenvalue weighted by atomic mass is 35.5. The first-order chi connectivity index (χ1) is 12.3. The molecule has 1 N–H and O–H groups in total. The number of carboxylic acid groups (broad SMARTS) is 1. The van der Waals surface area contributed by atoms with E-state index in [1.807, 2.05) is 42.5 Å². The summed E-state index contributed by atoms with van der Waals surface area (Å²) in [6, 6.07) is 13.5. The molecule has 0 saturated heterocycles. The van der Waals surface area contributed by atoms with Gasteiger partial charge in [-0.25, -0.2) is 14.5 Å². The first kappa shape index (κ1) is 17.9. The Morgan fingerprint density at radius 3 is 2.38 bits per heavy atom. The van der Waals surface area contributed by atoms with Crippen LogP contribution < -0.4 is 4.74 Å². The number of methoxy groups -OCH3 is 1. The normalized spacial score (nSPS) is 11.4. The molecule has 0 fully saturated rings. The van der Waals surface area contributed by atoms with E-state index in [2.05, 4.69) is 23.9 Å². The molecule has 0 saturated carbocycles. The molecule has 0 atom stereocenters. The van der Waals surface area contributed by atoms with Crippen LogP contribution in [-0.2, 0) is 5.41 Å². The van der Waals surface area contributed by atoms with Gasteiger partial charge in [0.25, 0.3) is 5.82 Å². The Morgan fingerprint density at radius 1 is 1.15 bits per heavy atom. The second kappa shape index (κ2) is 6.80. The number of hydrogen-bond acceptors (Lipinski definition) is 4. The van der Waals surface area contributed by atoms with Gasteiger partial charge < -0.3 is 9.84 Å². The zero-order chi connectivity index (χ0) is 18.9. The van der Waals surface area contributed by atoms with Gasteiger partial charge in [0, 0.05) is 10.4 Å². The highest BCUT2D eigenvalue weighted by Crippen LogP contribution is 2.35. The molecule has 1 aromatic heterocycles. The molecule has 0 aliphatic heterocycles. The lowest BCUT2D eigenvalue weighted by molar-refractivity contribution is 0.0683. The van der Waals surface area contributed by atoms with E-state index in [9.17, 15) is 4.79 Å². The van der Waals surface area contributed by atoms with Gasteiger partial charge in [-0.15, -0.1) is 5.10 Å². The van der Waals surface area contributed by atoms with Crippen LogP contribution in [0.15, 0.2) is 48.8 Å². The van der Waals surface area contributed by atoms with E-state index in [0.717, 1.165) is 11.1 Å². The molecule has 0 amide bonds. The molecule has 0 unspecified atom stereocenters. The molecule has 0 aliphatic rings. The van der Waals surface area contributed by atoms with Crippen LogP contribution in [0.3, 0.4) is 0 Å². The summed E-state index contributed by atoms with van der Waals surface area (Å²) < 4.78 is 6.89. The Morgan fingerprint density at radius 2 is 1.81 bits per heavy atom. The highest BCUT2D eigenvalue weighted by molar-refractivity contribution is 6.30. The van der Waals surface area contributed by atoms with Gasteiger partial charge in [-0.3, -0.25) is 0 Å². The van der Waals surface area contributed by atoms with Crippen molar-refractivity contribution in [1.29, 1.82) is 0 Å². The molecular formula is C19H18ClN3O3. The van der Waals surface area contributed by atoms with Crippen LogP contribution in [-0.4, -0.2) is 33.0 Å². The Balaban J connectivity index is 2.02. The maximum Gasteiger partial charge on any atom is 0.375 e. The van der Waals surface area contributed by atoms with Gasteiger partial charge in [0.2, 0.25) is 0 Å². The summed E-state index contributed by atoms with van der Waals surface area (Å²) in [5, 5.41) is 13.6. The van der Waals surface area contributed by atoms with E-state index in [1.165, 1.54) is 11.0 Å². The fourth-order valence-corrected chi connectivity index (χ4v) is 2.89. The number of hydrogen-bond donors (Lipinski definition) is 1. The molecule has 7 heteroatoms. The third kappa shape index (κ3) is 3.28. The van der Waals surface area contributed by atoms with E-state index in [4.69, 9.17) is 21.4 Å². The Kier molecular flexibility index (Phi) is 4.70. The van der Waals surface area contributed by atoms with Gasteiger partial charge >= 0.3 is 5.97 Å². The zero-order valence-corrected chi connectivity index (χ0v) is 15.4. The number of rotatable bonds is 5. The van der Waals surface area contributed by atoms with E-state index in [-0.39, 0.29) is 11.2 Å². The Bertz CT molecular complexity index is 949. The van der Waals surface area contributed by atoms with Crippen LogP contribution in [0.1, 0.15) is 35.6 Å². The lowest BCUT2D eigenvalue weighted by Crippen LogP contribution is -2.19. The van der Waals surface area contributed by atoms with Crippen LogP contribution in [0, 0.1) is 0 Å². The van der Waals surface area contributed by atoms with Crippen molar-refractivity contribution >= 4 is 17.6 Å². The predicted octanol–water partition coefficient (Wildman–Crippen LogP) is 3.95. The van der Waals surface area contributed by atoms with E-state index < -0.39 is 5.97 Å². The van der Waals surface area contributed by atoms with Crippen molar-refractivity contribution in [2.24, 2.45) is 0 Å². The van der Waals surface area contributed by atoms with Crippen molar-refractivity contribution in [3.63, 3.8) is 0 Å². The number of aromatic nitrogens is 3. The molecule has 0 radical (unpaired) electrons. The van der Waals surface area contributed by atoms with Crippen molar-refractivity contribution < 1.29 is 14.6 Å². The van der Waals surface area contributed by atoms with E-state index >= 15 is 0 Å². The van der Waals surface area contributed by atoms with Crippen molar-refractivity contribution in [2.75, 3.05) is 7.11 Å². The summed E-state index contributed by atoms with van der Waals surface area (Å²) in [4.78, 5) is 14.8. The molecule has 3 aromatic rings. The largest absolute Gasteiger partial charge is 0.494 e. The molecule has 0 spiro atoms. The van der Waals surface area contributed by atoms with Gasteiger partial charge in [-0.05, 0) is 35.4 Å². The summed E-state index contributed by atoms with van der Waals surface area (Å²) in [7, 11) is 1.56. The molecule has 0 aliphatic carbocycles. The lowest BCUT2D eigenvalue weighted by atomic mass is 9.78. The monoisotopic (exact) mass is 371 g/mol. The minimum absolute atomic E-state index is 0.266. The van der Waals surface area contributed by atoms with Crippen molar-refractivity contribution in [3.05, 3.63) is 70.8 Å². The molecule has 2 aromatic carbocycles. The number of carboxylic acids is 1. The SMILES string of the molecule is COc1cc(C(C)(C)c2ccc(Cl)cc2)ccc1-n1cnc(C(=O)O)n1. The molecule has 26 heavy (non-hydrogen) atoms. The summed E-state index contributed by atoms with van der Waals surface area (Å²) in [5.41, 5.74) is 2.50. The van der Waals surface area contributed by atoms with Crippen LogP contribution >= 0.6 is 11.6 Å². The molecular weight excluding hydrogens is 354 g/mol. The molecule has 1 heterocycles. The van der Waals surface area contributed by atoms with Crippen molar-refractivity contribution in [2.45, 2.75) is 19.3 Å². The fraction of sp³-hybridized carbons (Fsp3) is 0.211. The average molecular weight is 372 g/mol. The Labute approximate surface area is 156 Å². The number of benzene rings is 2. The quantitative estimate of drug-likeness (QED) is 0.734. The van der Waals surface area contributed by atoms with Gasteiger partial charge in [0.05, 0.1) is 7.11 Å². The maximum absolute atomic E-state index is 11.0. The summed E-state index contributed by atoms with van der Waals surface area (Å²) in [5.74, 6) is -0.868. The first-order valence-electron chi connectivity index (χ1n) is 7.93. The van der Waals surface area contributed by atoms with Gasteiger partial charge in [-0.2, -0.15) is 0 Å². The maximum atomic E-state index is 11.0. The summed E-state index contributed by atoms with van der Waals surface area (Å²) >= 11 is 5.99. The summed E-state index contributed by atoms with van der Waals surface area (Å²) in [6.45, 7) is 4.23. The van der Waals surface area contributed by atoms with Gasteiger partial charge in [-0.1, -0.05) is 43.6 Å². The van der Waals surface area contributed by atoms with Crippen molar-refractivity contribution in [1.82, 2.24) is 14.8 Å². The Hall–Kier alpha value is -2.86. The van der Waals surface area contributed by atoms with E-state index in [1.54, 1.807) is 7.11 Å². The fourth-order valence-electron chi connectivity index (χ4n) is 2.77. The zero-order valence-electron chi connectivity index (χ0n) is 14.6. The van der Waals surface area contributed by atoms with Crippen LogP contribution in [0.2, 0.25) is 5.02 Å². The molecule has 134 valence electrons. The molecule has 3 rings (SSSR count). The van der Waals surface area contributed by atoms with Crippen LogP contribution in [0.5, 0.6) is 5.75 Å². The first-order valence-corrected chi connectivity index (χ1v) is 8.30. The minimum Gasteiger partial charge on any atom is -0.494 e.